The van der Waals surface area contributed by atoms with E-state index in [-0.39, 0.29) is 24.0 Å². The maximum Gasteiger partial charge on any atom is 0.324 e. The van der Waals surface area contributed by atoms with E-state index in [4.69, 9.17) is 4.74 Å². The minimum atomic E-state index is -0.998. The third kappa shape index (κ3) is 12.5. The second kappa shape index (κ2) is 18.1. The third-order valence-electron chi connectivity index (χ3n) is 6.51. The molecule has 11 nitrogen and oxygen atoms in total. The topological polar surface area (TPSA) is 140 Å². The average molecular weight is 612 g/mol. The van der Waals surface area contributed by atoms with Gasteiger partial charge in [0.1, 0.15) is 23.9 Å². The molecule has 0 radical (unpaired) electrons. The molecule has 230 valence electrons. The summed E-state index contributed by atoms with van der Waals surface area (Å²) in [6.45, 7) is 5.02. The third-order valence-corrected chi connectivity index (χ3v) is 8.98. The normalized spacial score (nSPS) is 16.8. The van der Waals surface area contributed by atoms with Crippen molar-refractivity contribution >= 4 is 45.3 Å². The quantitative estimate of drug-likeness (QED) is 0.125. The van der Waals surface area contributed by atoms with E-state index >= 15 is 0 Å². The molecule has 1 heterocycles. The Kier molecular flexibility index (Phi) is 15.4. The summed E-state index contributed by atoms with van der Waals surface area (Å²) in [5, 5.41) is 17.0. The predicted octanol–water partition coefficient (Wildman–Crippen LogP) is 1.95. The van der Waals surface area contributed by atoms with Gasteiger partial charge in [-0.2, -0.15) is 0 Å². The Labute approximate surface area is 251 Å². The molecular formula is C28H45N5O6S2. The highest BCUT2D eigenvalue weighted by atomic mass is 33.1. The fourth-order valence-corrected chi connectivity index (χ4v) is 6.46. The molecule has 0 spiro atoms. The van der Waals surface area contributed by atoms with Crippen LogP contribution in [0, 0.1) is 5.92 Å². The predicted molar refractivity (Wildman–Crippen MR) is 163 cm³/mol. The number of phenols is 1. The molecule has 0 saturated carbocycles. The van der Waals surface area contributed by atoms with Gasteiger partial charge in [-0.3, -0.25) is 24.2 Å². The minimum absolute atomic E-state index is 0.0449. The van der Waals surface area contributed by atoms with Crippen LogP contribution in [-0.2, 0) is 30.3 Å². The number of hydrazine groups is 1. The van der Waals surface area contributed by atoms with Gasteiger partial charge in [-0.15, -0.1) is 0 Å². The number of methoxy groups -OCH3 is 1. The van der Waals surface area contributed by atoms with Gasteiger partial charge in [0.2, 0.25) is 11.8 Å². The largest absolute Gasteiger partial charge is 0.508 e. The number of esters is 1. The van der Waals surface area contributed by atoms with Crippen molar-refractivity contribution in [1.29, 1.82) is 0 Å². The van der Waals surface area contributed by atoms with Crippen molar-refractivity contribution in [1.82, 2.24) is 26.0 Å². The molecule has 4 N–H and O–H groups in total. The van der Waals surface area contributed by atoms with Crippen molar-refractivity contribution in [2.75, 3.05) is 45.8 Å². The molecule has 0 unspecified atom stereocenters. The molecule has 1 aliphatic heterocycles. The van der Waals surface area contributed by atoms with E-state index in [2.05, 4.69) is 21.0 Å². The fraction of sp³-hybridized carbons (Fsp3) is 0.643. The molecule has 1 aromatic rings. The Balaban J connectivity index is 2.05. The number of ether oxygens (including phenoxy) is 1. The molecule has 3 amide bonds. The average Bonchev–Trinajstić information content (AvgIpc) is 2.93. The highest BCUT2D eigenvalue weighted by Crippen LogP contribution is 2.22. The first-order valence-electron chi connectivity index (χ1n) is 13.9. The van der Waals surface area contributed by atoms with Crippen LogP contribution in [0.1, 0.15) is 45.1 Å². The number of nitrogens with zero attached hydrogens (tertiary/aromatic N) is 2. The lowest BCUT2D eigenvalue weighted by Gasteiger charge is -2.35. The Bertz CT molecular complexity index is 1010. The SMILES string of the molecule is COC(=O)[C@@H]1CCCN(C(=O)[C@H](Cc2cccc(O)c2)NC(=O)[C@@H](NC(=O)CCCSSCCN(C)C)C(C)C)N1. The maximum atomic E-state index is 13.6. The Morgan fingerprint density at radius 1 is 1.17 bits per heavy atom. The zero-order valence-electron chi connectivity index (χ0n) is 24.7. The van der Waals surface area contributed by atoms with Gasteiger partial charge < -0.3 is 25.4 Å². The fourth-order valence-electron chi connectivity index (χ4n) is 4.24. The summed E-state index contributed by atoms with van der Waals surface area (Å²) in [5.74, 6) is 0.0936. The summed E-state index contributed by atoms with van der Waals surface area (Å²) in [7, 11) is 8.87. The van der Waals surface area contributed by atoms with Gasteiger partial charge in [0.05, 0.1) is 7.11 Å². The maximum absolute atomic E-state index is 13.6. The number of benzene rings is 1. The van der Waals surface area contributed by atoms with Crippen molar-refractivity contribution in [2.45, 2.75) is 64.1 Å². The zero-order valence-corrected chi connectivity index (χ0v) is 26.3. The van der Waals surface area contributed by atoms with E-state index in [9.17, 15) is 24.3 Å². The molecule has 1 saturated heterocycles. The molecule has 1 fully saturated rings. The summed E-state index contributed by atoms with van der Waals surface area (Å²) < 4.78 is 4.83. The molecule has 3 atom stereocenters. The minimum Gasteiger partial charge on any atom is -0.508 e. The van der Waals surface area contributed by atoms with Crippen LogP contribution in [0.2, 0.25) is 0 Å². The second-order valence-corrected chi connectivity index (χ2v) is 13.3. The lowest BCUT2D eigenvalue weighted by Crippen LogP contribution is -2.62. The summed E-state index contributed by atoms with van der Waals surface area (Å²) in [6, 6.07) is 3.98. The summed E-state index contributed by atoms with van der Waals surface area (Å²) in [6.07, 6.45) is 2.22. The summed E-state index contributed by atoms with van der Waals surface area (Å²) in [5.41, 5.74) is 3.57. The highest BCUT2D eigenvalue weighted by molar-refractivity contribution is 8.76. The van der Waals surface area contributed by atoms with Crippen LogP contribution in [0.3, 0.4) is 0 Å². The van der Waals surface area contributed by atoms with Gasteiger partial charge in [-0.05, 0) is 57.0 Å². The number of amides is 3. The van der Waals surface area contributed by atoms with Crippen molar-refractivity contribution in [3.05, 3.63) is 29.8 Å². The highest BCUT2D eigenvalue weighted by Gasteiger charge is 2.34. The van der Waals surface area contributed by atoms with Crippen LogP contribution in [0.15, 0.2) is 24.3 Å². The molecule has 0 bridgehead atoms. The van der Waals surface area contributed by atoms with Gasteiger partial charge in [0.15, 0.2) is 0 Å². The smallest absolute Gasteiger partial charge is 0.324 e. The van der Waals surface area contributed by atoms with E-state index in [0.717, 1.165) is 18.1 Å². The van der Waals surface area contributed by atoms with Gasteiger partial charge in [0, 0.05) is 37.4 Å². The Morgan fingerprint density at radius 2 is 1.90 bits per heavy atom. The zero-order chi connectivity index (χ0) is 30.4. The molecular weight excluding hydrogens is 566 g/mol. The van der Waals surface area contributed by atoms with Gasteiger partial charge in [-0.1, -0.05) is 47.6 Å². The molecule has 0 aliphatic carbocycles. The first-order chi connectivity index (χ1) is 19.5. The van der Waals surface area contributed by atoms with Crippen molar-refractivity contribution in [3.63, 3.8) is 0 Å². The number of hydrogen-bond donors (Lipinski definition) is 4. The van der Waals surface area contributed by atoms with Crippen molar-refractivity contribution < 1.29 is 29.0 Å². The number of hydrogen-bond acceptors (Lipinski definition) is 10. The van der Waals surface area contributed by atoms with E-state index in [1.807, 2.05) is 27.9 Å². The molecule has 1 aliphatic rings. The van der Waals surface area contributed by atoms with Crippen molar-refractivity contribution in [2.24, 2.45) is 5.92 Å². The lowest BCUT2D eigenvalue weighted by atomic mass is 10.00. The van der Waals surface area contributed by atoms with Crippen LogP contribution < -0.4 is 16.1 Å². The van der Waals surface area contributed by atoms with Crippen LogP contribution in [-0.4, -0.2) is 103 Å². The van der Waals surface area contributed by atoms with Crippen LogP contribution >= 0.6 is 21.6 Å². The molecule has 1 aromatic carbocycles. The number of rotatable bonds is 16. The van der Waals surface area contributed by atoms with E-state index in [1.165, 1.54) is 24.3 Å². The first kappa shape index (κ1) is 34.7. The van der Waals surface area contributed by atoms with Gasteiger partial charge in [0.25, 0.3) is 5.91 Å². The molecule has 0 aromatic heterocycles. The number of aromatic hydroxyl groups is 1. The monoisotopic (exact) mass is 611 g/mol. The molecule has 2 rings (SSSR count). The number of carbonyl (C=O) groups is 4. The number of nitrogens with one attached hydrogen (secondary N) is 3. The molecule has 13 heteroatoms. The van der Waals surface area contributed by atoms with Crippen molar-refractivity contribution in [3.8, 4) is 5.75 Å². The standard InChI is InChI=1S/C28H45N5O6S2/c1-19(2)25(30-24(35)12-8-15-40-41-16-14-32(3)4)26(36)29-23(18-20-9-6-10-21(34)17-20)27(37)33-13-7-11-22(31-33)28(38)39-5/h6,9-10,17,19,22-23,25,31,34H,7-8,11-16,18H2,1-5H3,(H,29,36)(H,30,35)/t22-,23-,25-/m0/s1. The van der Waals surface area contributed by atoms with Crippen LogP contribution in [0.5, 0.6) is 5.75 Å². The van der Waals surface area contributed by atoms with Crippen LogP contribution in [0.25, 0.3) is 0 Å². The summed E-state index contributed by atoms with van der Waals surface area (Å²) >= 11 is 0. The number of phenolic OH excluding ortho intramolecular Hbond substituents is 1. The lowest BCUT2D eigenvalue weighted by molar-refractivity contribution is -0.151. The summed E-state index contributed by atoms with van der Waals surface area (Å²) in [4.78, 5) is 54.0. The van der Waals surface area contributed by atoms with Gasteiger partial charge in [-0.25, -0.2) is 5.43 Å². The van der Waals surface area contributed by atoms with E-state index in [0.29, 0.717) is 37.8 Å². The van der Waals surface area contributed by atoms with E-state index in [1.54, 1.807) is 33.7 Å². The second-order valence-electron chi connectivity index (χ2n) is 10.6. The first-order valence-corrected chi connectivity index (χ1v) is 16.4. The Hall–Kier alpha value is -2.48. The number of carbonyl (C=O) groups excluding carboxylic acids is 4. The Morgan fingerprint density at radius 3 is 2.56 bits per heavy atom. The van der Waals surface area contributed by atoms with Gasteiger partial charge >= 0.3 is 5.97 Å². The van der Waals surface area contributed by atoms with E-state index < -0.39 is 35.9 Å². The molecule has 41 heavy (non-hydrogen) atoms. The van der Waals surface area contributed by atoms with Crippen LogP contribution in [0.4, 0.5) is 0 Å².